The van der Waals surface area contributed by atoms with Gasteiger partial charge in [0.05, 0.1) is 0 Å². The van der Waals surface area contributed by atoms with Crippen LogP contribution >= 0.6 is 0 Å². The minimum atomic E-state index is -0.619. The quantitative estimate of drug-likeness (QED) is 0.819. The average Bonchev–Trinajstić information content (AvgIpc) is 2.33. The molecular formula is C15H22N2O2. The molecule has 0 saturated heterocycles. The summed E-state index contributed by atoms with van der Waals surface area (Å²) in [4.78, 5) is 23.2. The highest BCUT2D eigenvalue weighted by atomic mass is 16.2. The molecular weight excluding hydrogens is 240 g/mol. The number of hydrogen-bond acceptors (Lipinski definition) is 2. The SMILES string of the molecule is Cc1ccc(NC(=O)C(=O)NCCC(C)C)cc1C. The van der Waals surface area contributed by atoms with Crippen LogP contribution in [-0.4, -0.2) is 18.4 Å². The van der Waals surface area contributed by atoms with Crippen molar-refractivity contribution in [1.29, 1.82) is 0 Å². The van der Waals surface area contributed by atoms with Crippen molar-refractivity contribution >= 4 is 17.5 Å². The molecule has 104 valence electrons. The molecule has 4 nitrogen and oxygen atoms in total. The number of nitrogens with one attached hydrogen (secondary N) is 2. The van der Waals surface area contributed by atoms with Crippen molar-refractivity contribution in [3.63, 3.8) is 0 Å². The van der Waals surface area contributed by atoms with E-state index in [9.17, 15) is 9.59 Å². The Morgan fingerprint density at radius 1 is 1.11 bits per heavy atom. The molecule has 0 bridgehead atoms. The van der Waals surface area contributed by atoms with Crippen molar-refractivity contribution in [2.75, 3.05) is 11.9 Å². The molecule has 1 rings (SSSR count). The molecule has 2 N–H and O–H groups in total. The smallest absolute Gasteiger partial charge is 0.313 e. The van der Waals surface area contributed by atoms with E-state index in [1.165, 1.54) is 0 Å². The molecule has 0 aliphatic rings. The Morgan fingerprint density at radius 3 is 2.37 bits per heavy atom. The molecule has 0 aliphatic heterocycles. The molecule has 1 aromatic carbocycles. The summed E-state index contributed by atoms with van der Waals surface area (Å²) in [5, 5.41) is 5.21. The molecule has 0 heterocycles. The molecule has 0 aliphatic carbocycles. The Morgan fingerprint density at radius 2 is 1.79 bits per heavy atom. The summed E-state index contributed by atoms with van der Waals surface area (Å²) in [6.45, 7) is 8.63. The van der Waals surface area contributed by atoms with Gasteiger partial charge in [0.1, 0.15) is 0 Å². The summed E-state index contributed by atoms with van der Waals surface area (Å²) >= 11 is 0. The normalized spacial score (nSPS) is 10.4. The van der Waals surface area contributed by atoms with Gasteiger partial charge < -0.3 is 10.6 Å². The van der Waals surface area contributed by atoms with Gasteiger partial charge in [-0.3, -0.25) is 9.59 Å². The number of rotatable bonds is 4. The molecule has 0 unspecified atom stereocenters. The van der Waals surface area contributed by atoms with Crippen molar-refractivity contribution < 1.29 is 9.59 Å². The summed E-state index contributed by atoms with van der Waals surface area (Å²) in [5.41, 5.74) is 2.88. The number of benzene rings is 1. The molecule has 2 amide bonds. The lowest BCUT2D eigenvalue weighted by Crippen LogP contribution is -2.36. The van der Waals surface area contributed by atoms with Crippen molar-refractivity contribution in [3.05, 3.63) is 29.3 Å². The van der Waals surface area contributed by atoms with E-state index in [1.54, 1.807) is 6.07 Å². The van der Waals surface area contributed by atoms with Crippen LogP contribution in [0.3, 0.4) is 0 Å². The summed E-state index contributed by atoms with van der Waals surface area (Å²) in [6, 6.07) is 5.57. The molecule has 19 heavy (non-hydrogen) atoms. The zero-order valence-corrected chi connectivity index (χ0v) is 12.0. The third kappa shape index (κ3) is 5.12. The molecule has 4 heteroatoms. The van der Waals surface area contributed by atoms with Crippen LogP contribution in [0.5, 0.6) is 0 Å². The largest absolute Gasteiger partial charge is 0.348 e. The molecule has 0 aromatic heterocycles. The van der Waals surface area contributed by atoms with E-state index in [-0.39, 0.29) is 0 Å². The zero-order chi connectivity index (χ0) is 14.4. The van der Waals surface area contributed by atoms with E-state index in [2.05, 4.69) is 24.5 Å². The van der Waals surface area contributed by atoms with Crippen LogP contribution in [0.25, 0.3) is 0 Å². The maximum Gasteiger partial charge on any atom is 0.313 e. The Hall–Kier alpha value is -1.84. The first kappa shape index (κ1) is 15.2. The van der Waals surface area contributed by atoms with Gasteiger partial charge in [0.15, 0.2) is 0 Å². The van der Waals surface area contributed by atoms with Crippen LogP contribution in [-0.2, 0) is 9.59 Å². The summed E-state index contributed by atoms with van der Waals surface area (Å²) in [5.74, 6) is -0.700. The van der Waals surface area contributed by atoms with Gasteiger partial charge in [-0.25, -0.2) is 0 Å². The Bertz CT molecular complexity index is 467. The van der Waals surface area contributed by atoms with Gasteiger partial charge in [-0.15, -0.1) is 0 Å². The molecule has 0 atom stereocenters. The van der Waals surface area contributed by atoms with Crippen LogP contribution in [0.1, 0.15) is 31.4 Å². The number of anilines is 1. The van der Waals surface area contributed by atoms with Crippen molar-refractivity contribution in [1.82, 2.24) is 5.32 Å². The van der Waals surface area contributed by atoms with Crippen LogP contribution in [0.4, 0.5) is 5.69 Å². The fraction of sp³-hybridized carbons (Fsp3) is 0.467. The number of carbonyl (C=O) groups excluding carboxylic acids is 2. The van der Waals surface area contributed by atoms with Crippen molar-refractivity contribution in [2.45, 2.75) is 34.1 Å². The first-order valence-corrected chi connectivity index (χ1v) is 6.56. The van der Waals surface area contributed by atoms with Crippen LogP contribution in [0, 0.1) is 19.8 Å². The summed E-state index contributed by atoms with van der Waals surface area (Å²) in [6.07, 6.45) is 0.864. The lowest BCUT2D eigenvalue weighted by molar-refractivity contribution is -0.136. The monoisotopic (exact) mass is 262 g/mol. The fourth-order valence-electron chi connectivity index (χ4n) is 1.56. The first-order chi connectivity index (χ1) is 8.90. The van der Waals surface area contributed by atoms with Gasteiger partial charge in [0, 0.05) is 12.2 Å². The number of aryl methyl sites for hydroxylation is 2. The van der Waals surface area contributed by atoms with Crippen molar-refractivity contribution in [3.8, 4) is 0 Å². The van der Waals surface area contributed by atoms with E-state index in [1.807, 2.05) is 26.0 Å². The second-order valence-electron chi connectivity index (χ2n) is 5.19. The molecule has 1 aromatic rings. The number of amides is 2. The fourth-order valence-corrected chi connectivity index (χ4v) is 1.56. The Kier molecular flexibility index (Phi) is 5.55. The van der Waals surface area contributed by atoms with Gasteiger partial charge in [-0.2, -0.15) is 0 Å². The molecule has 0 spiro atoms. The van der Waals surface area contributed by atoms with E-state index in [0.717, 1.165) is 17.5 Å². The first-order valence-electron chi connectivity index (χ1n) is 6.56. The summed E-state index contributed by atoms with van der Waals surface area (Å²) < 4.78 is 0. The van der Waals surface area contributed by atoms with Gasteiger partial charge in [-0.05, 0) is 49.4 Å². The number of carbonyl (C=O) groups is 2. The van der Waals surface area contributed by atoms with Gasteiger partial charge in [-0.1, -0.05) is 19.9 Å². The zero-order valence-electron chi connectivity index (χ0n) is 12.0. The predicted molar refractivity (Wildman–Crippen MR) is 77.0 cm³/mol. The molecule has 0 saturated carbocycles. The predicted octanol–water partition coefficient (Wildman–Crippen LogP) is 2.40. The number of hydrogen-bond donors (Lipinski definition) is 2. The Balaban J connectivity index is 2.49. The maximum atomic E-state index is 11.7. The van der Waals surface area contributed by atoms with E-state index in [0.29, 0.717) is 18.2 Å². The van der Waals surface area contributed by atoms with Gasteiger partial charge in [0.2, 0.25) is 0 Å². The van der Waals surface area contributed by atoms with Crippen LogP contribution in [0.15, 0.2) is 18.2 Å². The summed E-state index contributed by atoms with van der Waals surface area (Å²) in [7, 11) is 0. The average molecular weight is 262 g/mol. The van der Waals surface area contributed by atoms with E-state index >= 15 is 0 Å². The highest BCUT2D eigenvalue weighted by molar-refractivity contribution is 6.39. The minimum Gasteiger partial charge on any atom is -0.348 e. The second-order valence-corrected chi connectivity index (χ2v) is 5.19. The topological polar surface area (TPSA) is 58.2 Å². The van der Waals surface area contributed by atoms with E-state index in [4.69, 9.17) is 0 Å². The minimum absolute atomic E-state index is 0.503. The third-order valence-corrected chi connectivity index (χ3v) is 2.98. The lowest BCUT2D eigenvalue weighted by Gasteiger charge is -2.09. The van der Waals surface area contributed by atoms with Gasteiger partial charge >= 0.3 is 11.8 Å². The van der Waals surface area contributed by atoms with Gasteiger partial charge in [0.25, 0.3) is 0 Å². The lowest BCUT2D eigenvalue weighted by atomic mass is 10.1. The highest BCUT2D eigenvalue weighted by Gasteiger charge is 2.13. The van der Waals surface area contributed by atoms with Crippen molar-refractivity contribution in [2.24, 2.45) is 5.92 Å². The Labute approximate surface area is 114 Å². The molecule has 0 fully saturated rings. The standard InChI is InChI=1S/C15H22N2O2/c1-10(2)7-8-16-14(18)15(19)17-13-6-5-11(3)12(4)9-13/h5-6,9-10H,7-8H2,1-4H3,(H,16,18)(H,17,19). The van der Waals surface area contributed by atoms with E-state index < -0.39 is 11.8 Å². The third-order valence-electron chi connectivity index (χ3n) is 2.98. The maximum absolute atomic E-state index is 11.7. The van der Waals surface area contributed by atoms with Crippen LogP contribution in [0.2, 0.25) is 0 Å². The van der Waals surface area contributed by atoms with Crippen LogP contribution < -0.4 is 10.6 Å². The highest BCUT2D eigenvalue weighted by Crippen LogP contribution is 2.13. The molecule has 0 radical (unpaired) electrons. The second kappa shape index (κ2) is 6.92.